The van der Waals surface area contributed by atoms with Crippen molar-refractivity contribution in [2.75, 3.05) is 19.5 Å². The Morgan fingerprint density at radius 2 is 1.96 bits per heavy atom. The number of hydrogen-bond acceptors (Lipinski definition) is 7. The van der Waals surface area contributed by atoms with Gasteiger partial charge in [0, 0.05) is 12.6 Å². The minimum Gasteiger partial charge on any atom is -0.504 e. The van der Waals surface area contributed by atoms with Crippen molar-refractivity contribution < 1.29 is 19.7 Å². The fourth-order valence-electron chi connectivity index (χ4n) is 3.03. The summed E-state index contributed by atoms with van der Waals surface area (Å²) in [6, 6.07) is 9.61. The summed E-state index contributed by atoms with van der Waals surface area (Å²) < 4.78 is 6.65. The molecule has 0 aliphatic heterocycles. The predicted molar refractivity (Wildman–Crippen MR) is 100 cm³/mol. The number of hydrogen-bond donors (Lipinski definition) is 3. The first-order chi connectivity index (χ1) is 13.0. The maximum absolute atomic E-state index is 12.0. The molecule has 2 aromatic carbocycles. The number of rotatable bonds is 3. The quantitative estimate of drug-likeness (QED) is 0.379. The van der Waals surface area contributed by atoms with Crippen molar-refractivity contribution in [2.24, 2.45) is 0 Å². The zero-order valence-electron chi connectivity index (χ0n) is 14.6. The molecule has 4 aromatic rings. The van der Waals surface area contributed by atoms with E-state index in [2.05, 4.69) is 15.3 Å². The molecular weight excluding hydrogens is 348 g/mol. The Morgan fingerprint density at radius 1 is 1.15 bits per heavy atom. The van der Waals surface area contributed by atoms with Gasteiger partial charge in [-0.15, -0.1) is 0 Å². The van der Waals surface area contributed by atoms with E-state index in [0.717, 1.165) is 0 Å². The second-order valence-electron chi connectivity index (χ2n) is 5.91. The SMILES string of the molecule is CNc1nc2ccc(C(=O)OC)cc2n2c(-c3ccc(O)c(O)c3)cnc12. The molecule has 2 aromatic heterocycles. The Balaban J connectivity index is 2.09. The number of anilines is 1. The van der Waals surface area contributed by atoms with E-state index in [1.54, 1.807) is 37.5 Å². The van der Waals surface area contributed by atoms with Crippen LogP contribution >= 0.6 is 0 Å². The summed E-state index contributed by atoms with van der Waals surface area (Å²) in [6.45, 7) is 0. The lowest BCUT2D eigenvalue weighted by Gasteiger charge is -2.11. The fourth-order valence-corrected chi connectivity index (χ4v) is 3.03. The molecule has 8 heteroatoms. The highest BCUT2D eigenvalue weighted by molar-refractivity contribution is 5.95. The first-order valence-corrected chi connectivity index (χ1v) is 8.13. The zero-order valence-corrected chi connectivity index (χ0v) is 14.6. The molecule has 136 valence electrons. The third-order valence-corrected chi connectivity index (χ3v) is 4.35. The van der Waals surface area contributed by atoms with E-state index < -0.39 is 5.97 Å². The number of esters is 1. The Morgan fingerprint density at radius 3 is 2.67 bits per heavy atom. The van der Waals surface area contributed by atoms with Gasteiger partial charge in [-0.05, 0) is 36.4 Å². The van der Waals surface area contributed by atoms with Crippen LogP contribution in [0.3, 0.4) is 0 Å². The lowest BCUT2D eigenvalue weighted by Crippen LogP contribution is -2.04. The van der Waals surface area contributed by atoms with Gasteiger partial charge in [0.1, 0.15) is 0 Å². The second-order valence-corrected chi connectivity index (χ2v) is 5.91. The standard InChI is InChI=1S/C19H16N4O4/c1-20-17-18-21-9-14(10-4-6-15(24)16(25)8-10)23(18)13-7-11(19(26)27-2)3-5-12(13)22-17/h3-9,24-25H,1-2H3,(H,20,22). The molecule has 0 saturated carbocycles. The van der Waals surface area contributed by atoms with Gasteiger partial charge in [0.2, 0.25) is 0 Å². The molecule has 4 rings (SSSR count). The maximum Gasteiger partial charge on any atom is 0.337 e. The Hall–Kier alpha value is -3.81. The second kappa shape index (κ2) is 6.17. The minimum absolute atomic E-state index is 0.206. The van der Waals surface area contributed by atoms with Crippen molar-refractivity contribution >= 4 is 28.5 Å². The van der Waals surface area contributed by atoms with Gasteiger partial charge in [0.05, 0.1) is 35.6 Å². The highest BCUT2D eigenvalue weighted by Gasteiger charge is 2.17. The molecule has 0 saturated heterocycles. The summed E-state index contributed by atoms with van der Waals surface area (Å²) in [6.07, 6.45) is 1.65. The molecular formula is C19H16N4O4. The molecule has 3 N–H and O–H groups in total. The van der Waals surface area contributed by atoms with Crippen molar-refractivity contribution in [1.82, 2.24) is 14.4 Å². The number of nitrogens with zero attached hydrogens (tertiary/aromatic N) is 3. The fraction of sp³-hybridized carbons (Fsp3) is 0.105. The van der Waals surface area contributed by atoms with Gasteiger partial charge < -0.3 is 20.3 Å². The largest absolute Gasteiger partial charge is 0.504 e. The van der Waals surface area contributed by atoms with Gasteiger partial charge in [0.15, 0.2) is 23.0 Å². The monoisotopic (exact) mass is 364 g/mol. The summed E-state index contributed by atoms with van der Waals surface area (Å²) in [5.41, 5.74) is 3.59. The van der Waals surface area contributed by atoms with E-state index in [-0.39, 0.29) is 11.5 Å². The van der Waals surface area contributed by atoms with Crippen molar-refractivity contribution in [2.45, 2.75) is 0 Å². The molecule has 8 nitrogen and oxygen atoms in total. The van der Waals surface area contributed by atoms with Crippen molar-refractivity contribution in [1.29, 1.82) is 0 Å². The topological polar surface area (TPSA) is 109 Å². The number of ether oxygens (including phenoxy) is 1. The summed E-state index contributed by atoms with van der Waals surface area (Å²) in [4.78, 5) is 20.9. The number of methoxy groups -OCH3 is 1. The summed E-state index contributed by atoms with van der Waals surface area (Å²) >= 11 is 0. The Kier molecular flexibility index (Phi) is 3.80. The first-order valence-electron chi connectivity index (χ1n) is 8.13. The number of phenols is 2. The van der Waals surface area contributed by atoms with Crippen molar-refractivity contribution in [3.05, 3.63) is 48.2 Å². The first kappa shape index (κ1) is 16.6. The molecule has 0 amide bonds. The molecule has 2 heterocycles. The van der Waals surface area contributed by atoms with Crippen LogP contribution in [-0.4, -0.2) is 44.7 Å². The predicted octanol–water partition coefficient (Wildman–Crippen LogP) is 2.79. The van der Waals surface area contributed by atoms with Crippen LogP contribution in [0, 0.1) is 0 Å². The number of aromatic hydroxyl groups is 2. The number of phenolic OH excluding ortho intramolecular Hbond substituents is 2. The van der Waals surface area contributed by atoms with Gasteiger partial charge in [-0.2, -0.15) is 0 Å². The summed E-state index contributed by atoms with van der Waals surface area (Å²) in [5, 5.41) is 22.5. The average Bonchev–Trinajstić information content (AvgIpc) is 3.14. The van der Waals surface area contributed by atoms with Gasteiger partial charge in [0.25, 0.3) is 0 Å². The van der Waals surface area contributed by atoms with Gasteiger partial charge in [-0.3, -0.25) is 4.40 Å². The Labute approximate surface area is 153 Å². The number of carbonyl (C=O) groups excluding carboxylic acids is 1. The van der Waals surface area contributed by atoms with E-state index in [1.807, 2.05) is 4.40 Å². The summed E-state index contributed by atoms with van der Waals surface area (Å²) in [5.74, 6) is -0.317. The van der Waals surface area contributed by atoms with E-state index in [1.165, 1.54) is 19.2 Å². The van der Waals surface area contributed by atoms with Crippen LogP contribution < -0.4 is 5.32 Å². The van der Waals surface area contributed by atoms with Gasteiger partial charge in [-0.25, -0.2) is 14.8 Å². The van der Waals surface area contributed by atoms with Crippen LogP contribution in [0.1, 0.15) is 10.4 Å². The maximum atomic E-state index is 12.0. The highest BCUT2D eigenvalue weighted by atomic mass is 16.5. The van der Waals surface area contributed by atoms with Crippen LogP contribution in [-0.2, 0) is 4.74 Å². The van der Waals surface area contributed by atoms with E-state index in [4.69, 9.17) is 4.74 Å². The number of fused-ring (bicyclic) bond motifs is 3. The highest BCUT2D eigenvalue weighted by Crippen LogP contribution is 2.33. The van der Waals surface area contributed by atoms with Crippen LogP contribution in [0.25, 0.3) is 27.9 Å². The molecule has 0 aliphatic rings. The third kappa shape index (κ3) is 2.58. The van der Waals surface area contributed by atoms with Crippen molar-refractivity contribution in [3.8, 4) is 22.8 Å². The lowest BCUT2D eigenvalue weighted by atomic mass is 10.1. The molecule has 0 spiro atoms. The number of nitrogens with one attached hydrogen (secondary N) is 1. The van der Waals surface area contributed by atoms with E-state index >= 15 is 0 Å². The van der Waals surface area contributed by atoms with Gasteiger partial charge >= 0.3 is 5.97 Å². The van der Waals surface area contributed by atoms with Crippen LogP contribution in [0.15, 0.2) is 42.6 Å². The number of benzene rings is 2. The van der Waals surface area contributed by atoms with Crippen LogP contribution in [0.2, 0.25) is 0 Å². The molecule has 0 bridgehead atoms. The molecule has 27 heavy (non-hydrogen) atoms. The molecule has 0 radical (unpaired) electrons. The van der Waals surface area contributed by atoms with E-state index in [0.29, 0.717) is 39.3 Å². The zero-order chi connectivity index (χ0) is 19.1. The van der Waals surface area contributed by atoms with E-state index in [9.17, 15) is 15.0 Å². The molecule has 0 unspecified atom stereocenters. The normalized spacial score (nSPS) is 11.0. The average molecular weight is 364 g/mol. The lowest BCUT2D eigenvalue weighted by molar-refractivity contribution is 0.0601. The van der Waals surface area contributed by atoms with Crippen molar-refractivity contribution in [3.63, 3.8) is 0 Å². The summed E-state index contributed by atoms with van der Waals surface area (Å²) in [7, 11) is 3.07. The third-order valence-electron chi connectivity index (χ3n) is 4.35. The minimum atomic E-state index is -0.452. The molecule has 0 atom stereocenters. The van der Waals surface area contributed by atoms with Crippen LogP contribution in [0.5, 0.6) is 11.5 Å². The smallest absolute Gasteiger partial charge is 0.337 e. The molecule has 0 aliphatic carbocycles. The number of aromatic nitrogens is 3. The molecule has 0 fully saturated rings. The van der Waals surface area contributed by atoms with Gasteiger partial charge in [-0.1, -0.05) is 0 Å². The number of imidazole rings is 1. The Bertz CT molecular complexity index is 1200. The van der Waals surface area contributed by atoms with Crippen LogP contribution in [0.4, 0.5) is 5.82 Å². The number of carbonyl (C=O) groups is 1.